The fourth-order valence-corrected chi connectivity index (χ4v) is 2.08. The van der Waals surface area contributed by atoms with Gasteiger partial charge in [0.15, 0.2) is 0 Å². The standard InChI is InChI=1S/C16H14ClN3O4/c17-13-3-1-2-4-14(13)19-15(21)9-10-18-16(22)11-5-7-12(8-6-11)20(23)24/h1-8H,9-10H2,(H,18,22)(H,19,21). The topological polar surface area (TPSA) is 101 Å². The first-order chi connectivity index (χ1) is 11.5. The number of anilines is 1. The lowest BCUT2D eigenvalue weighted by atomic mass is 10.2. The molecule has 124 valence electrons. The number of hydrogen-bond acceptors (Lipinski definition) is 4. The Balaban J connectivity index is 1.81. The number of benzene rings is 2. The maximum atomic E-state index is 11.9. The van der Waals surface area contributed by atoms with Crippen molar-refractivity contribution in [2.24, 2.45) is 0 Å². The maximum Gasteiger partial charge on any atom is 0.269 e. The quantitative estimate of drug-likeness (QED) is 0.619. The number of nitrogens with one attached hydrogen (secondary N) is 2. The van der Waals surface area contributed by atoms with Crippen LogP contribution in [0.5, 0.6) is 0 Å². The second-order valence-corrected chi connectivity index (χ2v) is 5.25. The lowest BCUT2D eigenvalue weighted by molar-refractivity contribution is -0.384. The van der Waals surface area contributed by atoms with Crippen molar-refractivity contribution >= 4 is 34.8 Å². The van der Waals surface area contributed by atoms with Gasteiger partial charge < -0.3 is 10.6 Å². The van der Waals surface area contributed by atoms with Crippen LogP contribution < -0.4 is 10.6 Å². The van der Waals surface area contributed by atoms with E-state index in [1.807, 2.05) is 0 Å². The van der Waals surface area contributed by atoms with Crippen molar-refractivity contribution in [3.63, 3.8) is 0 Å². The Morgan fingerprint density at radius 1 is 1.08 bits per heavy atom. The van der Waals surface area contributed by atoms with Crippen LogP contribution in [0.4, 0.5) is 11.4 Å². The summed E-state index contributed by atoms with van der Waals surface area (Å²) in [5.74, 6) is -0.692. The molecule has 0 aliphatic heterocycles. The number of amides is 2. The molecule has 2 aromatic carbocycles. The molecule has 0 aliphatic rings. The largest absolute Gasteiger partial charge is 0.352 e. The average Bonchev–Trinajstić information content (AvgIpc) is 2.57. The lowest BCUT2D eigenvalue weighted by Gasteiger charge is -2.08. The zero-order valence-electron chi connectivity index (χ0n) is 12.5. The van der Waals surface area contributed by atoms with Crippen molar-refractivity contribution in [1.82, 2.24) is 5.32 Å². The zero-order chi connectivity index (χ0) is 17.5. The van der Waals surface area contributed by atoms with Crippen LogP contribution in [0.3, 0.4) is 0 Å². The molecule has 8 heteroatoms. The minimum absolute atomic E-state index is 0.0734. The number of rotatable bonds is 6. The molecule has 0 atom stereocenters. The number of nitro benzene ring substituents is 1. The van der Waals surface area contributed by atoms with Gasteiger partial charge in [-0.15, -0.1) is 0 Å². The van der Waals surface area contributed by atoms with Gasteiger partial charge >= 0.3 is 0 Å². The summed E-state index contributed by atoms with van der Waals surface area (Å²) in [5.41, 5.74) is 0.698. The molecule has 7 nitrogen and oxygen atoms in total. The summed E-state index contributed by atoms with van der Waals surface area (Å²) >= 11 is 5.94. The first-order valence-electron chi connectivity index (χ1n) is 7.04. The number of halogens is 1. The van der Waals surface area contributed by atoms with Crippen LogP contribution in [0, 0.1) is 10.1 Å². The van der Waals surface area contributed by atoms with Crippen molar-refractivity contribution in [1.29, 1.82) is 0 Å². The van der Waals surface area contributed by atoms with E-state index in [4.69, 9.17) is 11.6 Å². The summed E-state index contributed by atoms with van der Waals surface area (Å²) in [4.78, 5) is 33.7. The van der Waals surface area contributed by atoms with Crippen LogP contribution in [0.2, 0.25) is 5.02 Å². The Bertz CT molecular complexity index is 762. The predicted molar refractivity (Wildman–Crippen MR) is 90.1 cm³/mol. The monoisotopic (exact) mass is 347 g/mol. The van der Waals surface area contributed by atoms with E-state index in [0.717, 1.165) is 0 Å². The van der Waals surface area contributed by atoms with Crippen LogP contribution >= 0.6 is 11.6 Å². The summed E-state index contributed by atoms with van der Waals surface area (Å²) in [5, 5.41) is 16.2. The molecule has 2 aromatic rings. The van der Waals surface area contributed by atoms with E-state index in [1.165, 1.54) is 24.3 Å². The molecule has 0 bridgehead atoms. The van der Waals surface area contributed by atoms with E-state index in [0.29, 0.717) is 10.7 Å². The Kier molecular flexibility index (Phi) is 5.86. The molecule has 0 fully saturated rings. The van der Waals surface area contributed by atoms with Gasteiger partial charge in [0.05, 0.1) is 15.6 Å². The van der Waals surface area contributed by atoms with Crippen LogP contribution in [0.1, 0.15) is 16.8 Å². The third-order valence-corrected chi connectivity index (χ3v) is 3.46. The summed E-state index contributed by atoms with van der Waals surface area (Å²) < 4.78 is 0. The number of carbonyl (C=O) groups is 2. The molecule has 0 saturated carbocycles. The number of nitro groups is 1. The Labute approximate surface area is 142 Å². The summed E-state index contributed by atoms with van der Waals surface area (Å²) in [7, 11) is 0. The highest BCUT2D eigenvalue weighted by Gasteiger charge is 2.10. The van der Waals surface area contributed by atoms with Gasteiger partial charge in [-0.25, -0.2) is 0 Å². The van der Waals surface area contributed by atoms with Crippen LogP contribution in [0.15, 0.2) is 48.5 Å². The fourth-order valence-electron chi connectivity index (χ4n) is 1.90. The normalized spacial score (nSPS) is 10.0. The molecule has 2 N–H and O–H groups in total. The van der Waals surface area contributed by atoms with E-state index in [9.17, 15) is 19.7 Å². The van der Waals surface area contributed by atoms with Gasteiger partial charge in [-0.05, 0) is 24.3 Å². The SMILES string of the molecule is O=C(CCNC(=O)c1ccc([N+](=O)[O-])cc1)Nc1ccccc1Cl. The van der Waals surface area contributed by atoms with Crippen LogP contribution in [0.25, 0.3) is 0 Å². The molecule has 0 heterocycles. The Morgan fingerprint density at radius 3 is 2.38 bits per heavy atom. The third kappa shape index (κ3) is 4.79. The summed E-state index contributed by atoms with van der Waals surface area (Å²) in [6, 6.07) is 12.1. The van der Waals surface area contributed by atoms with Crippen molar-refractivity contribution < 1.29 is 14.5 Å². The van der Waals surface area contributed by atoms with Gasteiger partial charge in [-0.1, -0.05) is 23.7 Å². The third-order valence-electron chi connectivity index (χ3n) is 3.13. The smallest absolute Gasteiger partial charge is 0.269 e. The Hall–Kier alpha value is -2.93. The molecule has 0 radical (unpaired) electrons. The van der Waals surface area contributed by atoms with Gasteiger partial charge in [0.1, 0.15) is 0 Å². The van der Waals surface area contributed by atoms with E-state index in [1.54, 1.807) is 24.3 Å². The number of hydrogen-bond donors (Lipinski definition) is 2. The summed E-state index contributed by atoms with van der Waals surface area (Å²) in [6.07, 6.45) is 0.0734. The van der Waals surface area contributed by atoms with Gasteiger partial charge in [-0.2, -0.15) is 0 Å². The number of carbonyl (C=O) groups excluding carboxylic acids is 2. The van der Waals surface area contributed by atoms with Crippen molar-refractivity contribution in [2.45, 2.75) is 6.42 Å². The first-order valence-corrected chi connectivity index (χ1v) is 7.42. The van der Waals surface area contributed by atoms with Crippen molar-refractivity contribution in [3.05, 3.63) is 69.2 Å². The highest BCUT2D eigenvalue weighted by molar-refractivity contribution is 6.33. The van der Waals surface area contributed by atoms with Crippen molar-refractivity contribution in [3.8, 4) is 0 Å². The molecule has 0 saturated heterocycles. The van der Waals surface area contributed by atoms with E-state index in [2.05, 4.69) is 10.6 Å². The minimum Gasteiger partial charge on any atom is -0.352 e. The number of para-hydroxylation sites is 1. The number of non-ortho nitro benzene ring substituents is 1. The molecule has 0 aromatic heterocycles. The maximum absolute atomic E-state index is 11.9. The highest BCUT2D eigenvalue weighted by atomic mass is 35.5. The van der Waals surface area contributed by atoms with Gasteiger partial charge in [0, 0.05) is 30.7 Å². The molecular weight excluding hydrogens is 334 g/mol. The van der Waals surface area contributed by atoms with E-state index in [-0.39, 0.29) is 30.1 Å². The van der Waals surface area contributed by atoms with Gasteiger partial charge in [0.2, 0.25) is 5.91 Å². The molecular formula is C16H14ClN3O4. The van der Waals surface area contributed by atoms with Crippen LogP contribution in [-0.2, 0) is 4.79 Å². The highest BCUT2D eigenvalue weighted by Crippen LogP contribution is 2.20. The second-order valence-electron chi connectivity index (χ2n) is 4.84. The fraction of sp³-hybridized carbons (Fsp3) is 0.125. The number of nitrogens with zero attached hydrogens (tertiary/aromatic N) is 1. The van der Waals surface area contributed by atoms with Gasteiger partial charge in [0.25, 0.3) is 11.6 Å². The van der Waals surface area contributed by atoms with E-state index >= 15 is 0 Å². The lowest BCUT2D eigenvalue weighted by Crippen LogP contribution is -2.27. The zero-order valence-corrected chi connectivity index (χ0v) is 13.2. The van der Waals surface area contributed by atoms with Crippen LogP contribution in [-0.4, -0.2) is 23.3 Å². The second kappa shape index (κ2) is 8.07. The molecule has 0 unspecified atom stereocenters. The van der Waals surface area contributed by atoms with Gasteiger partial charge in [-0.3, -0.25) is 19.7 Å². The predicted octanol–water partition coefficient (Wildman–Crippen LogP) is 3.01. The summed E-state index contributed by atoms with van der Waals surface area (Å²) in [6.45, 7) is 0.131. The molecule has 24 heavy (non-hydrogen) atoms. The van der Waals surface area contributed by atoms with E-state index < -0.39 is 10.8 Å². The molecule has 2 amide bonds. The molecule has 2 rings (SSSR count). The molecule has 0 spiro atoms. The minimum atomic E-state index is -0.541. The van der Waals surface area contributed by atoms with Crippen molar-refractivity contribution in [2.75, 3.05) is 11.9 Å². The molecule has 0 aliphatic carbocycles. The Morgan fingerprint density at radius 2 is 1.75 bits per heavy atom. The first kappa shape index (κ1) is 17.4. The average molecular weight is 348 g/mol.